The van der Waals surface area contributed by atoms with Crippen LogP contribution in [0.4, 0.5) is 0 Å². The zero-order chi connectivity index (χ0) is 19.0. The molecule has 2 aromatic rings. The molecule has 0 amide bonds. The van der Waals surface area contributed by atoms with Gasteiger partial charge < -0.3 is 0 Å². The van der Waals surface area contributed by atoms with Gasteiger partial charge in [0.2, 0.25) is 0 Å². The fourth-order valence-corrected chi connectivity index (χ4v) is 7.46. The number of thioether (sulfide) groups is 2. The van der Waals surface area contributed by atoms with Gasteiger partial charge in [0.25, 0.3) is 0 Å². The van der Waals surface area contributed by atoms with Gasteiger partial charge in [0.1, 0.15) is 0 Å². The van der Waals surface area contributed by atoms with E-state index >= 15 is 0 Å². The van der Waals surface area contributed by atoms with Gasteiger partial charge in [-0.25, -0.2) is 0 Å². The molecule has 0 radical (unpaired) electrons. The lowest BCUT2D eigenvalue weighted by Gasteiger charge is -2.17. The van der Waals surface area contributed by atoms with Crippen molar-refractivity contribution in [3.8, 4) is 0 Å². The van der Waals surface area contributed by atoms with E-state index in [1.807, 2.05) is 12.5 Å². The zero-order valence-electron chi connectivity index (χ0n) is 12.2. The first-order valence-electron chi connectivity index (χ1n) is 6.14. The molecule has 25 heavy (non-hydrogen) atoms. The highest BCUT2D eigenvalue weighted by Gasteiger charge is 2.25. The predicted molar refractivity (Wildman–Crippen MR) is 121 cm³/mol. The first-order valence-corrected chi connectivity index (χ1v) is 12.4. The van der Waals surface area contributed by atoms with E-state index in [1.165, 1.54) is 23.5 Å². The third-order valence-electron chi connectivity index (χ3n) is 2.98. The first kappa shape index (κ1) is 23.1. The highest BCUT2D eigenvalue weighted by atomic mass is 35.5. The van der Waals surface area contributed by atoms with Crippen molar-refractivity contribution in [2.75, 3.05) is 12.5 Å². The van der Waals surface area contributed by atoms with Crippen molar-refractivity contribution in [3.63, 3.8) is 0 Å². The van der Waals surface area contributed by atoms with E-state index in [9.17, 15) is 0 Å². The Morgan fingerprint density at radius 2 is 0.600 bits per heavy atom. The number of benzene rings is 2. The Morgan fingerprint density at radius 3 is 0.800 bits per heavy atom. The SMILES string of the molecule is CSc1c(Cl)c(Cl)c(Sc2c(Cl)c(Cl)c(SC)c(Cl)c2Cl)c(Cl)c1Cl. The van der Waals surface area contributed by atoms with Gasteiger partial charge in [-0.3, -0.25) is 0 Å². The van der Waals surface area contributed by atoms with E-state index in [1.54, 1.807) is 0 Å². The average Bonchev–Trinajstić information content (AvgIpc) is 2.59. The Labute approximate surface area is 198 Å². The minimum Gasteiger partial charge on any atom is -0.126 e. The molecule has 0 bridgehead atoms. The van der Waals surface area contributed by atoms with Gasteiger partial charge in [0.15, 0.2) is 0 Å². The lowest BCUT2D eigenvalue weighted by Crippen LogP contribution is -1.90. The van der Waals surface area contributed by atoms with E-state index in [-0.39, 0.29) is 20.1 Å². The highest BCUT2D eigenvalue weighted by molar-refractivity contribution is 8.00. The molecule has 0 saturated carbocycles. The van der Waals surface area contributed by atoms with Gasteiger partial charge in [-0.1, -0.05) is 105 Å². The summed E-state index contributed by atoms with van der Waals surface area (Å²) in [5, 5.41) is 2.20. The Morgan fingerprint density at radius 1 is 0.400 bits per heavy atom. The second kappa shape index (κ2) is 9.54. The molecule has 2 rings (SSSR count). The Balaban J connectivity index is 2.70. The summed E-state index contributed by atoms with van der Waals surface area (Å²) < 4.78 is 0. The molecule has 0 fully saturated rings. The molecule has 0 spiro atoms. The number of rotatable bonds is 4. The van der Waals surface area contributed by atoms with Crippen LogP contribution in [0.1, 0.15) is 0 Å². The van der Waals surface area contributed by atoms with Crippen LogP contribution in [0.3, 0.4) is 0 Å². The normalized spacial score (nSPS) is 11.3. The minimum absolute atomic E-state index is 0.249. The summed E-state index contributed by atoms with van der Waals surface area (Å²) in [6.07, 6.45) is 3.64. The molecule has 0 N–H and O–H groups in total. The standard InChI is InChI=1S/C14H6Cl8S3/c1-23-11-3(15)7(19)13(8(20)4(11)16)25-14-9(21)5(17)12(24-2)6(18)10(14)22/h1-2H3. The van der Waals surface area contributed by atoms with Crippen LogP contribution in [-0.2, 0) is 0 Å². The molecule has 136 valence electrons. The minimum atomic E-state index is 0.249. The van der Waals surface area contributed by atoms with Crippen LogP contribution in [0.15, 0.2) is 19.6 Å². The van der Waals surface area contributed by atoms with E-state index in [2.05, 4.69) is 0 Å². The lowest BCUT2D eigenvalue weighted by molar-refractivity contribution is 1.32. The van der Waals surface area contributed by atoms with Gasteiger partial charge in [0, 0.05) is 9.79 Å². The maximum atomic E-state index is 6.38. The van der Waals surface area contributed by atoms with Crippen molar-refractivity contribution >= 4 is 128 Å². The summed E-state index contributed by atoms with van der Waals surface area (Å²) in [7, 11) is 0. The number of halogens is 8. The van der Waals surface area contributed by atoms with Crippen molar-refractivity contribution < 1.29 is 0 Å². The third-order valence-corrected chi connectivity index (χ3v) is 10.1. The van der Waals surface area contributed by atoms with Crippen molar-refractivity contribution in [1.29, 1.82) is 0 Å². The number of hydrogen-bond donors (Lipinski definition) is 0. The Bertz CT molecular complexity index is 725. The van der Waals surface area contributed by atoms with Gasteiger partial charge in [0.05, 0.1) is 50.0 Å². The smallest absolute Gasteiger partial charge is 0.0759 e. The summed E-state index contributed by atoms with van der Waals surface area (Å²) in [6.45, 7) is 0. The molecule has 0 aliphatic heterocycles. The number of hydrogen-bond acceptors (Lipinski definition) is 3. The van der Waals surface area contributed by atoms with Crippen LogP contribution < -0.4 is 0 Å². The van der Waals surface area contributed by atoms with E-state index < -0.39 is 0 Å². The van der Waals surface area contributed by atoms with Gasteiger partial charge in [-0.2, -0.15) is 0 Å². The topological polar surface area (TPSA) is 0 Å². The molecule has 0 aliphatic carbocycles. The van der Waals surface area contributed by atoms with Gasteiger partial charge >= 0.3 is 0 Å². The van der Waals surface area contributed by atoms with E-state index in [0.717, 1.165) is 11.8 Å². The fourth-order valence-electron chi connectivity index (χ4n) is 1.82. The summed E-state index contributed by atoms with van der Waals surface area (Å²) in [6, 6.07) is 0. The molecular formula is C14H6Cl8S3. The van der Waals surface area contributed by atoms with Crippen molar-refractivity contribution in [1.82, 2.24) is 0 Å². The molecule has 0 unspecified atom stereocenters. The largest absolute Gasteiger partial charge is 0.126 e. The summed E-state index contributed by atoms with van der Waals surface area (Å²) in [4.78, 5) is 2.02. The van der Waals surface area contributed by atoms with Crippen LogP contribution in [0.2, 0.25) is 40.2 Å². The predicted octanol–water partition coefficient (Wildman–Crippen LogP) is 10.5. The molecule has 0 heterocycles. The van der Waals surface area contributed by atoms with Crippen LogP contribution in [0.25, 0.3) is 0 Å². The van der Waals surface area contributed by atoms with Gasteiger partial charge in [-0.05, 0) is 12.5 Å². The van der Waals surface area contributed by atoms with E-state index in [0.29, 0.717) is 39.7 Å². The highest BCUT2D eigenvalue weighted by Crippen LogP contribution is 2.55. The Kier molecular flexibility index (Phi) is 8.81. The third kappa shape index (κ3) is 4.38. The fraction of sp³-hybridized carbons (Fsp3) is 0.143. The molecule has 0 aliphatic rings. The monoisotopic (exact) mass is 550 g/mol. The van der Waals surface area contributed by atoms with Crippen molar-refractivity contribution in [2.45, 2.75) is 19.6 Å². The van der Waals surface area contributed by atoms with Crippen LogP contribution >= 0.6 is 128 Å². The maximum absolute atomic E-state index is 6.38. The first-order chi connectivity index (χ1) is 11.7. The summed E-state index contributed by atoms with van der Waals surface area (Å²) in [5.41, 5.74) is 0. The molecule has 2 aromatic carbocycles. The average molecular weight is 554 g/mol. The molecule has 0 aromatic heterocycles. The van der Waals surface area contributed by atoms with Gasteiger partial charge in [-0.15, -0.1) is 23.5 Å². The molecule has 11 heteroatoms. The van der Waals surface area contributed by atoms with Crippen molar-refractivity contribution in [3.05, 3.63) is 40.2 Å². The van der Waals surface area contributed by atoms with Crippen LogP contribution in [-0.4, -0.2) is 12.5 Å². The quantitative estimate of drug-likeness (QED) is 0.273. The van der Waals surface area contributed by atoms with Crippen molar-refractivity contribution in [2.24, 2.45) is 0 Å². The summed E-state index contributed by atoms with van der Waals surface area (Å²) in [5.74, 6) is 0. The van der Waals surface area contributed by atoms with E-state index in [4.69, 9.17) is 92.8 Å². The lowest BCUT2D eigenvalue weighted by atomic mass is 10.3. The molecule has 0 nitrogen and oxygen atoms in total. The molecule has 0 saturated heterocycles. The second-order valence-corrected chi connectivity index (χ2v) is 10.0. The zero-order valence-corrected chi connectivity index (χ0v) is 20.7. The maximum Gasteiger partial charge on any atom is 0.0759 e. The Hall–Kier alpha value is 1.81. The molecule has 0 atom stereocenters. The van der Waals surface area contributed by atoms with Crippen LogP contribution in [0.5, 0.6) is 0 Å². The second-order valence-electron chi connectivity index (χ2n) is 4.34. The molecular weight excluding hydrogens is 548 g/mol. The van der Waals surface area contributed by atoms with Crippen LogP contribution in [0, 0.1) is 0 Å². The summed E-state index contributed by atoms with van der Waals surface area (Å²) >= 11 is 54.5.